The molecule has 1 atom stereocenters. The van der Waals surface area contributed by atoms with Gasteiger partial charge in [-0.2, -0.15) is 13.2 Å². The lowest BCUT2D eigenvalue weighted by molar-refractivity contribution is -0.128. The molecule has 0 N–H and O–H groups in total. The van der Waals surface area contributed by atoms with Crippen LogP contribution in [0.5, 0.6) is 0 Å². The standard InChI is InChI=1S/C7H3BrCl2F3N/c8-5(7(11,12)13)4-3(9)1-2-14-6(4)10/h1-2,5H. The lowest BCUT2D eigenvalue weighted by atomic mass is 10.2. The zero-order valence-electron chi connectivity index (χ0n) is 6.45. The van der Waals surface area contributed by atoms with E-state index in [2.05, 4.69) is 20.9 Å². The summed E-state index contributed by atoms with van der Waals surface area (Å²) >= 11 is 13.6. The van der Waals surface area contributed by atoms with Crippen molar-refractivity contribution in [3.8, 4) is 0 Å². The molecule has 0 aromatic carbocycles. The molecule has 14 heavy (non-hydrogen) atoms. The van der Waals surface area contributed by atoms with Crippen LogP contribution in [0, 0.1) is 0 Å². The first kappa shape index (κ1) is 12.1. The molecule has 0 bridgehead atoms. The van der Waals surface area contributed by atoms with Crippen LogP contribution in [-0.2, 0) is 0 Å². The zero-order chi connectivity index (χ0) is 10.9. The fraction of sp³-hybridized carbons (Fsp3) is 0.286. The maximum atomic E-state index is 12.3. The molecular formula is C7H3BrCl2F3N. The summed E-state index contributed by atoms with van der Waals surface area (Å²) in [4.78, 5) is 1.63. The van der Waals surface area contributed by atoms with Crippen LogP contribution in [0.1, 0.15) is 10.4 Å². The monoisotopic (exact) mass is 307 g/mol. The van der Waals surface area contributed by atoms with Gasteiger partial charge in [0.05, 0.1) is 0 Å². The van der Waals surface area contributed by atoms with Gasteiger partial charge in [-0.1, -0.05) is 39.1 Å². The van der Waals surface area contributed by atoms with Crippen LogP contribution in [0.3, 0.4) is 0 Å². The van der Waals surface area contributed by atoms with Gasteiger partial charge in [0, 0.05) is 16.8 Å². The number of pyridine rings is 1. The summed E-state index contributed by atoms with van der Waals surface area (Å²) in [6.45, 7) is 0. The van der Waals surface area contributed by atoms with E-state index in [1.165, 1.54) is 12.3 Å². The summed E-state index contributed by atoms with van der Waals surface area (Å²) < 4.78 is 36.9. The van der Waals surface area contributed by atoms with Crippen molar-refractivity contribution in [3.63, 3.8) is 0 Å². The molecule has 1 heterocycles. The molecule has 1 aromatic heterocycles. The zero-order valence-corrected chi connectivity index (χ0v) is 9.54. The smallest absolute Gasteiger partial charge is 0.244 e. The van der Waals surface area contributed by atoms with E-state index in [9.17, 15) is 13.2 Å². The van der Waals surface area contributed by atoms with Crippen molar-refractivity contribution in [2.24, 2.45) is 0 Å². The van der Waals surface area contributed by atoms with Gasteiger partial charge in [-0.25, -0.2) is 4.98 Å². The first-order valence-corrected chi connectivity index (χ1v) is 5.02. The molecule has 0 aliphatic heterocycles. The molecule has 0 aliphatic carbocycles. The average molecular weight is 309 g/mol. The predicted octanol–water partition coefficient (Wildman–Crippen LogP) is 4.39. The van der Waals surface area contributed by atoms with Crippen LogP contribution in [0.25, 0.3) is 0 Å². The maximum absolute atomic E-state index is 12.3. The van der Waals surface area contributed by atoms with Crippen molar-refractivity contribution in [2.45, 2.75) is 11.0 Å². The van der Waals surface area contributed by atoms with Crippen molar-refractivity contribution >= 4 is 39.1 Å². The minimum Gasteiger partial charge on any atom is -0.244 e. The van der Waals surface area contributed by atoms with Crippen LogP contribution in [0.15, 0.2) is 12.3 Å². The highest BCUT2D eigenvalue weighted by molar-refractivity contribution is 9.09. The predicted molar refractivity (Wildman–Crippen MR) is 52.0 cm³/mol. The van der Waals surface area contributed by atoms with Crippen LogP contribution in [-0.4, -0.2) is 11.2 Å². The van der Waals surface area contributed by atoms with Crippen molar-refractivity contribution in [3.05, 3.63) is 28.0 Å². The Balaban J connectivity index is 3.19. The number of rotatable bonds is 1. The van der Waals surface area contributed by atoms with Gasteiger partial charge in [-0.3, -0.25) is 0 Å². The van der Waals surface area contributed by atoms with E-state index in [4.69, 9.17) is 23.2 Å². The van der Waals surface area contributed by atoms with Crippen molar-refractivity contribution in [1.29, 1.82) is 0 Å². The normalized spacial score (nSPS) is 14.1. The quantitative estimate of drug-likeness (QED) is 0.554. The van der Waals surface area contributed by atoms with E-state index in [0.717, 1.165) is 0 Å². The molecule has 7 heteroatoms. The Morgan fingerprint density at radius 1 is 1.36 bits per heavy atom. The molecule has 78 valence electrons. The van der Waals surface area contributed by atoms with E-state index in [-0.39, 0.29) is 15.7 Å². The Kier molecular flexibility index (Phi) is 3.66. The van der Waals surface area contributed by atoms with E-state index >= 15 is 0 Å². The Labute approximate surface area is 96.4 Å². The second-order valence-corrected chi connectivity index (χ2v) is 4.08. The van der Waals surface area contributed by atoms with E-state index in [1.807, 2.05) is 0 Å². The minimum absolute atomic E-state index is 0.0656. The SMILES string of the molecule is FC(F)(F)C(Br)c1c(Cl)ccnc1Cl. The van der Waals surface area contributed by atoms with Gasteiger partial charge in [0.25, 0.3) is 0 Å². The lowest BCUT2D eigenvalue weighted by Crippen LogP contribution is -2.16. The number of aromatic nitrogens is 1. The molecule has 1 rings (SSSR count). The number of alkyl halides is 4. The Morgan fingerprint density at radius 3 is 2.36 bits per heavy atom. The first-order chi connectivity index (χ1) is 6.34. The van der Waals surface area contributed by atoms with E-state index in [1.54, 1.807) is 0 Å². The highest BCUT2D eigenvalue weighted by Gasteiger charge is 2.41. The molecule has 1 aromatic rings. The number of hydrogen-bond acceptors (Lipinski definition) is 1. The Morgan fingerprint density at radius 2 is 1.93 bits per heavy atom. The summed E-state index contributed by atoms with van der Waals surface area (Å²) in [5.74, 6) is 0. The first-order valence-electron chi connectivity index (χ1n) is 3.34. The molecule has 0 aliphatic rings. The van der Waals surface area contributed by atoms with Gasteiger partial charge < -0.3 is 0 Å². The van der Waals surface area contributed by atoms with Crippen molar-refractivity contribution in [2.75, 3.05) is 0 Å². The van der Waals surface area contributed by atoms with Crippen LogP contribution >= 0.6 is 39.1 Å². The van der Waals surface area contributed by atoms with Crippen LogP contribution in [0.4, 0.5) is 13.2 Å². The highest BCUT2D eigenvalue weighted by atomic mass is 79.9. The molecule has 1 nitrogen and oxygen atoms in total. The van der Waals surface area contributed by atoms with E-state index < -0.39 is 11.0 Å². The Hall–Kier alpha value is -0.000000000000000111. The summed E-state index contributed by atoms with van der Waals surface area (Å²) in [7, 11) is 0. The van der Waals surface area contributed by atoms with Crippen molar-refractivity contribution < 1.29 is 13.2 Å². The maximum Gasteiger partial charge on any atom is 0.405 e. The molecule has 0 saturated carbocycles. The summed E-state index contributed by atoms with van der Waals surface area (Å²) in [6.07, 6.45) is -3.21. The molecule has 1 unspecified atom stereocenters. The second-order valence-electron chi connectivity index (χ2n) is 2.40. The molecule has 0 spiro atoms. The lowest BCUT2D eigenvalue weighted by Gasteiger charge is -2.15. The number of hydrogen-bond donors (Lipinski definition) is 0. The molecule has 0 fully saturated rings. The molecule has 0 saturated heterocycles. The number of nitrogens with zero attached hydrogens (tertiary/aromatic N) is 1. The Bertz CT molecular complexity index is 322. The van der Waals surface area contributed by atoms with Gasteiger partial charge in [0.15, 0.2) is 0 Å². The van der Waals surface area contributed by atoms with Gasteiger partial charge in [0.2, 0.25) is 0 Å². The van der Waals surface area contributed by atoms with Crippen LogP contribution in [0.2, 0.25) is 10.2 Å². The van der Waals surface area contributed by atoms with Gasteiger partial charge in [0.1, 0.15) is 9.98 Å². The third-order valence-electron chi connectivity index (χ3n) is 1.43. The van der Waals surface area contributed by atoms with E-state index in [0.29, 0.717) is 0 Å². The van der Waals surface area contributed by atoms with Gasteiger partial charge >= 0.3 is 6.18 Å². The van der Waals surface area contributed by atoms with Crippen LogP contribution < -0.4 is 0 Å². The topological polar surface area (TPSA) is 12.9 Å². The van der Waals surface area contributed by atoms with Crippen molar-refractivity contribution in [1.82, 2.24) is 4.98 Å². The largest absolute Gasteiger partial charge is 0.405 e. The fourth-order valence-corrected chi connectivity index (χ4v) is 2.11. The minimum atomic E-state index is -4.45. The fourth-order valence-electron chi connectivity index (χ4n) is 0.815. The second kappa shape index (κ2) is 4.24. The summed E-state index contributed by atoms with van der Waals surface area (Å²) in [6, 6.07) is 1.25. The van der Waals surface area contributed by atoms with Gasteiger partial charge in [-0.15, -0.1) is 0 Å². The average Bonchev–Trinajstić information content (AvgIpc) is 2.01. The molecular weight excluding hydrogens is 306 g/mol. The number of halogens is 6. The third-order valence-corrected chi connectivity index (χ3v) is 3.04. The molecule has 0 radical (unpaired) electrons. The molecule has 0 amide bonds. The summed E-state index contributed by atoms with van der Waals surface area (Å²) in [5.41, 5.74) is -0.261. The van der Waals surface area contributed by atoms with Gasteiger partial charge in [-0.05, 0) is 6.07 Å². The highest BCUT2D eigenvalue weighted by Crippen LogP contribution is 2.44. The third kappa shape index (κ3) is 2.52. The summed E-state index contributed by atoms with van der Waals surface area (Å²) in [5, 5.41) is -0.319.